The predicted molar refractivity (Wildman–Crippen MR) is 79.3 cm³/mol. The SMILES string of the molecule is CC(C)CC(NS(=O)(=O)c1ccc(Cl)cc1[N+](=O)[O-])C(=O)O. The van der Waals surface area contributed by atoms with Crippen LogP contribution in [0.4, 0.5) is 5.69 Å². The molecule has 0 spiro atoms. The molecule has 0 amide bonds. The van der Waals surface area contributed by atoms with E-state index in [9.17, 15) is 23.3 Å². The molecule has 1 unspecified atom stereocenters. The highest BCUT2D eigenvalue weighted by atomic mass is 35.5. The van der Waals surface area contributed by atoms with Gasteiger partial charge in [-0.3, -0.25) is 14.9 Å². The highest BCUT2D eigenvalue weighted by molar-refractivity contribution is 7.89. The van der Waals surface area contributed by atoms with E-state index in [0.717, 1.165) is 12.1 Å². The van der Waals surface area contributed by atoms with Crippen LogP contribution in [0.2, 0.25) is 5.02 Å². The fourth-order valence-corrected chi connectivity index (χ4v) is 3.30. The van der Waals surface area contributed by atoms with Crippen molar-refractivity contribution in [3.63, 3.8) is 0 Å². The van der Waals surface area contributed by atoms with Gasteiger partial charge in [0.1, 0.15) is 6.04 Å². The number of nitrogens with one attached hydrogen (secondary N) is 1. The Labute approximate surface area is 132 Å². The van der Waals surface area contributed by atoms with Gasteiger partial charge in [0.15, 0.2) is 4.90 Å². The fourth-order valence-electron chi connectivity index (χ4n) is 1.78. The van der Waals surface area contributed by atoms with E-state index in [-0.39, 0.29) is 17.4 Å². The number of hydrogen-bond acceptors (Lipinski definition) is 5. The number of nitro groups is 1. The van der Waals surface area contributed by atoms with Crippen molar-refractivity contribution in [2.75, 3.05) is 0 Å². The number of carboxylic acid groups (broad SMARTS) is 1. The number of carboxylic acids is 1. The first-order valence-electron chi connectivity index (χ1n) is 6.23. The van der Waals surface area contributed by atoms with Gasteiger partial charge in [-0.1, -0.05) is 25.4 Å². The highest BCUT2D eigenvalue weighted by Crippen LogP contribution is 2.27. The first-order valence-corrected chi connectivity index (χ1v) is 8.09. The summed E-state index contributed by atoms with van der Waals surface area (Å²) in [6.07, 6.45) is 0.0515. The maximum Gasteiger partial charge on any atom is 0.321 e. The van der Waals surface area contributed by atoms with Crippen molar-refractivity contribution in [3.05, 3.63) is 33.3 Å². The minimum atomic E-state index is -4.37. The molecular formula is C12H15ClN2O6S. The third kappa shape index (κ3) is 4.65. The molecule has 22 heavy (non-hydrogen) atoms. The molecule has 0 fully saturated rings. The zero-order valence-electron chi connectivity index (χ0n) is 11.8. The summed E-state index contributed by atoms with van der Waals surface area (Å²) in [5, 5.41) is 20.0. The summed E-state index contributed by atoms with van der Waals surface area (Å²) < 4.78 is 26.5. The van der Waals surface area contributed by atoms with E-state index in [0.29, 0.717) is 0 Å². The molecule has 1 aromatic rings. The van der Waals surface area contributed by atoms with Crippen LogP contribution >= 0.6 is 11.6 Å². The number of carbonyl (C=O) groups is 1. The molecule has 0 heterocycles. The van der Waals surface area contributed by atoms with Crippen LogP contribution in [-0.2, 0) is 14.8 Å². The van der Waals surface area contributed by atoms with Crippen LogP contribution < -0.4 is 4.72 Å². The van der Waals surface area contributed by atoms with Crippen molar-refractivity contribution in [1.29, 1.82) is 0 Å². The second kappa shape index (κ2) is 7.03. The van der Waals surface area contributed by atoms with Crippen molar-refractivity contribution in [2.45, 2.75) is 31.2 Å². The van der Waals surface area contributed by atoms with E-state index in [1.54, 1.807) is 13.8 Å². The van der Waals surface area contributed by atoms with Crippen molar-refractivity contribution in [3.8, 4) is 0 Å². The minimum Gasteiger partial charge on any atom is -0.480 e. The van der Waals surface area contributed by atoms with E-state index >= 15 is 0 Å². The average Bonchev–Trinajstić information content (AvgIpc) is 2.36. The highest BCUT2D eigenvalue weighted by Gasteiger charge is 2.31. The van der Waals surface area contributed by atoms with Crippen LogP contribution in [0.5, 0.6) is 0 Å². The van der Waals surface area contributed by atoms with Crippen molar-refractivity contribution >= 4 is 33.3 Å². The lowest BCUT2D eigenvalue weighted by Gasteiger charge is -2.16. The summed E-state index contributed by atoms with van der Waals surface area (Å²) in [6, 6.07) is 1.67. The van der Waals surface area contributed by atoms with Gasteiger partial charge >= 0.3 is 5.97 Å². The molecule has 0 saturated carbocycles. The van der Waals surface area contributed by atoms with Crippen LogP contribution in [0.15, 0.2) is 23.1 Å². The summed E-state index contributed by atoms with van der Waals surface area (Å²) in [5.41, 5.74) is -0.714. The summed E-state index contributed by atoms with van der Waals surface area (Å²) >= 11 is 5.62. The molecule has 0 radical (unpaired) electrons. The van der Waals surface area contributed by atoms with Gasteiger partial charge in [-0.25, -0.2) is 8.42 Å². The molecule has 0 aromatic heterocycles. The van der Waals surface area contributed by atoms with Crippen LogP contribution in [-0.4, -0.2) is 30.5 Å². The van der Waals surface area contributed by atoms with Crippen LogP contribution in [0.3, 0.4) is 0 Å². The van der Waals surface area contributed by atoms with Gasteiger partial charge in [-0.15, -0.1) is 0 Å². The Bertz CT molecular complexity index is 689. The van der Waals surface area contributed by atoms with E-state index in [2.05, 4.69) is 0 Å². The smallest absolute Gasteiger partial charge is 0.321 e. The predicted octanol–water partition coefficient (Wildman–Crippen LogP) is 2.03. The minimum absolute atomic E-state index is 0.00242. The Morgan fingerprint density at radius 1 is 1.45 bits per heavy atom. The summed E-state index contributed by atoms with van der Waals surface area (Å²) in [4.78, 5) is 20.6. The van der Waals surface area contributed by atoms with Crippen LogP contribution in [0.25, 0.3) is 0 Å². The molecule has 122 valence electrons. The molecule has 0 aliphatic carbocycles. The zero-order valence-corrected chi connectivity index (χ0v) is 13.4. The number of nitro benzene ring substituents is 1. The number of benzene rings is 1. The van der Waals surface area contributed by atoms with Crippen molar-refractivity contribution in [2.24, 2.45) is 5.92 Å². The fraction of sp³-hybridized carbons (Fsp3) is 0.417. The van der Waals surface area contributed by atoms with Gasteiger partial charge < -0.3 is 5.11 Å². The summed E-state index contributed by atoms with van der Waals surface area (Å²) in [5.74, 6) is -1.43. The van der Waals surface area contributed by atoms with Gasteiger partial charge in [-0.2, -0.15) is 4.72 Å². The molecule has 0 bridgehead atoms. The van der Waals surface area contributed by atoms with Gasteiger partial charge in [0.2, 0.25) is 10.0 Å². The third-order valence-electron chi connectivity index (χ3n) is 2.71. The molecule has 0 saturated heterocycles. The monoisotopic (exact) mass is 350 g/mol. The standard InChI is InChI=1S/C12H15ClN2O6S/c1-7(2)5-9(12(16)17)14-22(20,21)11-4-3-8(13)6-10(11)15(18)19/h3-4,6-7,9,14H,5H2,1-2H3,(H,16,17). The maximum atomic E-state index is 12.2. The lowest BCUT2D eigenvalue weighted by molar-refractivity contribution is -0.387. The van der Waals surface area contributed by atoms with E-state index in [1.165, 1.54) is 6.07 Å². The van der Waals surface area contributed by atoms with Crippen LogP contribution in [0, 0.1) is 16.0 Å². The molecule has 0 aliphatic heterocycles. The van der Waals surface area contributed by atoms with Gasteiger partial charge in [-0.05, 0) is 24.5 Å². The molecule has 1 rings (SSSR count). The molecule has 8 nitrogen and oxygen atoms in total. The Morgan fingerprint density at radius 2 is 2.05 bits per heavy atom. The largest absolute Gasteiger partial charge is 0.480 e. The summed E-state index contributed by atoms with van der Waals surface area (Å²) in [6.45, 7) is 3.46. The number of rotatable bonds is 7. The van der Waals surface area contributed by atoms with Crippen molar-refractivity contribution in [1.82, 2.24) is 4.72 Å². The molecule has 0 aliphatic rings. The lowest BCUT2D eigenvalue weighted by Crippen LogP contribution is -2.41. The van der Waals surface area contributed by atoms with Gasteiger partial charge in [0.25, 0.3) is 5.69 Å². The molecule has 1 aromatic carbocycles. The average molecular weight is 351 g/mol. The normalized spacial score (nSPS) is 13.1. The van der Waals surface area contributed by atoms with E-state index in [1.807, 2.05) is 4.72 Å². The molecule has 2 N–H and O–H groups in total. The Balaban J connectivity index is 3.24. The van der Waals surface area contributed by atoms with E-state index in [4.69, 9.17) is 16.7 Å². The second-order valence-corrected chi connectivity index (χ2v) is 7.13. The Hall–Kier alpha value is -1.71. The first-order chi connectivity index (χ1) is 10.0. The topological polar surface area (TPSA) is 127 Å². The molecule has 10 heteroatoms. The van der Waals surface area contributed by atoms with Crippen molar-refractivity contribution < 1.29 is 23.2 Å². The number of sulfonamides is 1. The number of halogens is 1. The lowest BCUT2D eigenvalue weighted by atomic mass is 10.1. The van der Waals surface area contributed by atoms with Crippen LogP contribution in [0.1, 0.15) is 20.3 Å². The number of aliphatic carboxylic acids is 1. The quantitative estimate of drug-likeness (QED) is 0.572. The summed E-state index contributed by atoms with van der Waals surface area (Å²) in [7, 11) is -4.37. The Kier molecular flexibility index (Phi) is 5.86. The first kappa shape index (κ1) is 18.3. The van der Waals surface area contributed by atoms with Gasteiger partial charge in [0.05, 0.1) is 4.92 Å². The Morgan fingerprint density at radius 3 is 2.50 bits per heavy atom. The maximum absolute atomic E-state index is 12.2. The second-order valence-electron chi connectivity index (χ2n) is 5.01. The van der Waals surface area contributed by atoms with E-state index < -0.39 is 37.5 Å². The number of nitrogens with zero attached hydrogens (tertiary/aromatic N) is 1. The molecular weight excluding hydrogens is 336 g/mol. The zero-order chi connectivity index (χ0) is 17.1. The number of hydrogen-bond donors (Lipinski definition) is 2. The molecule has 1 atom stereocenters. The third-order valence-corrected chi connectivity index (χ3v) is 4.46. The van der Waals surface area contributed by atoms with Gasteiger partial charge in [0, 0.05) is 11.1 Å².